The van der Waals surface area contributed by atoms with Gasteiger partial charge in [0.25, 0.3) is 5.56 Å². The quantitative estimate of drug-likeness (QED) is 0.202. The number of aromatic nitrogens is 2. The molecule has 246 valence electrons. The van der Waals surface area contributed by atoms with Gasteiger partial charge in [0.1, 0.15) is 0 Å². The lowest BCUT2D eigenvalue weighted by Gasteiger charge is -2.25. The van der Waals surface area contributed by atoms with Gasteiger partial charge in [-0.25, -0.2) is 14.6 Å². The summed E-state index contributed by atoms with van der Waals surface area (Å²) in [6.45, 7) is 9.32. The van der Waals surface area contributed by atoms with E-state index in [1.54, 1.807) is 44.2 Å². The van der Waals surface area contributed by atoms with E-state index >= 15 is 0 Å². The van der Waals surface area contributed by atoms with Gasteiger partial charge < -0.3 is 23.5 Å². The minimum absolute atomic E-state index is 0.145. The number of aryl methyl sites for hydroxylation is 1. The number of ether oxygens (including phenoxy) is 4. The van der Waals surface area contributed by atoms with Crippen molar-refractivity contribution in [3.63, 3.8) is 0 Å². The maximum absolute atomic E-state index is 14.2. The van der Waals surface area contributed by atoms with Crippen molar-refractivity contribution in [2.24, 2.45) is 4.99 Å². The lowest BCUT2D eigenvalue weighted by Crippen LogP contribution is -2.40. The Labute approximate surface area is 285 Å². The van der Waals surface area contributed by atoms with Gasteiger partial charge in [-0.05, 0) is 88.2 Å². The highest BCUT2D eigenvalue weighted by molar-refractivity contribution is 7.07. The first-order valence-electron chi connectivity index (χ1n) is 14.8. The number of carbonyl (C=O) groups is 2. The van der Waals surface area contributed by atoms with Crippen LogP contribution in [0.3, 0.4) is 0 Å². The number of hydrogen-bond acceptors (Lipinski definition) is 9. The van der Waals surface area contributed by atoms with Gasteiger partial charge in [-0.3, -0.25) is 9.36 Å². The van der Waals surface area contributed by atoms with E-state index in [1.807, 2.05) is 43.5 Å². The predicted molar refractivity (Wildman–Crippen MR) is 181 cm³/mol. The Morgan fingerprint density at radius 3 is 2.43 bits per heavy atom. The number of carbonyl (C=O) groups excluding carboxylic acids is 2. The van der Waals surface area contributed by atoms with Gasteiger partial charge in [-0.2, -0.15) is 0 Å². The zero-order chi connectivity index (χ0) is 34.0. The maximum Gasteiger partial charge on any atom is 0.343 e. The largest absolute Gasteiger partial charge is 0.490 e. The molecule has 1 atom stereocenters. The second-order valence-electron chi connectivity index (χ2n) is 10.6. The van der Waals surface area contributed by atoms with Crippen LogP contribution in [0.25, 0.3) is 11.8 Å². The smallest absolute Gasteiger partial charge is 0.343 e. The molecule has 0 bridgehead atoms. The molecule has 2 aromatic heterocycles. The monoisotopic (exact) mass is 697 g/mol. The first kappa shape index (κ1) is 34.0. The van der Waals surface area contributed by atoms with E-state index in [4.69, 9.17) is 37.4 Å². The number of thiazole rings is 1. The summed E-state index contributed by atoms with van der Waals surface area (Å²) < 4.78 is 25.6. The number of nitrogens with zero attached hydrogens (tertiary/aromatic N) is 3. The minimum atomic E-state index is -0.870. The average molecular weight is 699 g/mol. The van der Waals surface area contributed by atoms with Crippen molar-refractivity contribution in [1.82, 2.24) is 9.13 Å². The molecule has 2 aromatic carbocycles. The van der Waals surface area contributed by atoms with Crippen molar-refractivity contribution >= 4 is 52.6 Å². The highest BCUT2D eigenvalue weighted by Gasteiger charge is 2.34. The molecule has 47 heavy (non-hydrogen) atoms. The molecule has 0 N–H and O–H groups in total. The zero-order valence-corrected chi connectivity index (χ0v) is 29.0. The lowest BCUT2D eigenvalue weighted by molar-refractivity contribution is -0.143. The van der Waals surface area contributed by atoms with Crippen molar-refractivity contribution in [1.29, 1.82) is 0 Å². The summed E-state index contributed by atoms with van der Waals surface area (Å²) >= 11 is 13.7. The van der Waals surface area contributed by atoms with E-state index in [9.17, 15) is 14.4 Å². The second-order valence-corrected chi connectivity index (χ2v) is 12.4. The summed E-state index contributed by atoms with van der Waals surface area (Å²) in [6, 6.07) is 11.6. The Hall–Kier alpha value is -4.32. The molecule has 0 saturated carbocycles. The molecule has 5 rings (SSSR count). The van der Waals surface area contributed by atoms with Crippen molar-refractivity contribution < 1.29 is 28.5 Å². The van der Waals surface area contributed by atoms with E-state index in [2.05, 4.69) is 9.73 Å². The first-order chi connectivity index (χ1) is 22.5. The molecule has 0 amide bonds. The molecule has 3 heterocycles. The van der Waals surface area contributed by atoms with Crippen LogP contribution < -0.4 is 24.4 Å². The second kappa shape index (κ2) is 14.2. The molecule has 0 spiro atoms. The van der Waals surface area contributed by atoms with Crippen LogP contribution in [0.15, 0.2) is 63.5 Å². The van der Waals surface area contributed by atoms with Crippen LogP contribution >= 0.6 is 34.5 Å². The zero-order valence-electron chi connectivity index (χ0n) is 26.7. The Morgan fingerprint density at radius 2 is 1.74 bits per heavy atom. The molecule has 0 fully saturated rings. The Balaban J connectivity index is 1.66. The van der Waals surface area contributed by atoms with E-state index in [0.29, 0.717) is 48.7 Å². The SMILES string of the molecule is CCOC(=O)C1=C(C)N=c2s/c(=C/c3cc(C)n(-c4ccc(Cl)c(Cl)c4)c3C)c(=O)n2[C@H]1c1ccc(OCC(=O)OC)c(OCC)c1. The van der Waals surface area contributed by atoms with E-state index in [0.717, 1.165) is 22.6 Å². The Kier molecular flexibility index (Phi) is 10.3. The first-order valence-corrected chi connectivity index (χ1v) is 16.4. The van der Waals surface area contributed by atoms with E-state index in [-0.39, 0.29) is 24.3 Å². The van der Waals surface area contributed by atoms with Crippen LogP contribution in [0.1, 0.15) is 49.3 Å². The number of esters is 2. The van der Waals surface area contributed by atoms with Crippen LogP contribution in [0, 0.1) is 13.8 Å². The molecular weight excluding hydrogens is 665 g/mol. The summed E-state index contributed by atoms with van der Waals surface area (Å²) in [6.07, 6.45) is 1.83. The number of hydrogen-bond donors (Lipinski definition) is 0. The van der Waals surface area contributed by atoms with Crippen LogP contribution in [0.5, 0.6) is 11.5 Å². The highest BCUT2D eigenvalue weighted by Crippen LogP contribution is 2.36. The summed E-state index contributed by atoms with van der Waals surface area (Å²) in [4.78, 5) is 44.4. The van der Waals surface area contributed by atoms with Crippen LogP contribution in [-0.2, 0) is 19.1 Å². The third-order valence-electron chi connectivity index (χ3n) is 7.59. The lowest BCUT2D eigenvalue weighted by atomic mass is 9.95. The van der Waals surface area contributed by atoms with Crippen molar-refractivity contribution in [3.8, 4) is 17.2 Å². The average Bonchev–Trinajstić information content (AvgIpc) is 3.50. The fourth-order valence-electron chi connectivity index (χ4n) is 5.48. The van der Waals surface area contributed by atoms with Gasteiger partial charge >= 0.3 is 11.9 Å². The fraction of sp³-hybridized carbons (Fsp3) is 0.294. The molecule has 1 aliphatic heterocycles. The number of allylic oxidation sites excluding steroid dienone is 1. The van der Waals surface area contributed by atoms with E-state index < -0.39 is 18.0 Å². The van der Waals surface area contributed by atoms with Crippen molar-refractivity contribution in [2.45, 2.75) is 40.7 Å². The Morgan fingerprint density at radius 1 is 0.979 bits per heavy atom. The van der Waals surface area contributed by atoms with Gasteiger partial charge in [0.15, 0.2) is 22.9 Å². The van der Waals surface area contributed by atoms with Crippen molar-refractivity contribution in [3.05, 3.63) is 106 Å². The molecule has 1 aliphatic rings. The van der Waals surface area contributed by atoms with Gasteiger partial charge in [0.05, 0.1) is 52.2 Å². The third-order valence-corrected chi connectivity index (χ3v) is 9.31. The molecular formula is C34H33Cl2N3O7S. The standard InChI is InChI=1S/C34H33Cl2N3O7S/c1-7-44-27-14-21(9-12-26(27)46-17-29(40)43-6)31-30(33(42)45-8-2)19(4)37-34-39(31)32(41)28(47-34)15-22-13-18(3)38(20(22)5)23-10-11-24(35)25(36)16-23/h9-16,31H,7-8,17H2,1-6H3/b28-15+/t31-/m0/s1. The summed E-state index contributed by atoms with van der Waals surface area (Å²) in [7, 11) is 1.27. The van der Waals surface area contributed by atoms with Crippen LogP contribution in [0.2, 0.25) is 10.0 Å². The van der Waals surface area contributed by atoms with Gasteiger partial charge in [0, 0.05) is 17.1 Å². The predicted octanol–water partition coefficient (Wildman–Crippen LogP) is 5.46. The molecule has 0 saturated heterocycles. The number of rotatable bonds is 10. The molecule has 0 radical (unpaired) electrons. The van der Waals surface area contributed by atoms with Gasteiger partial charge in [0.2, 0.25) is 0 Å². The number of halogens is 2. The van der Waals surface area contributed by atoms with Crippen LogP contribution in [-0.4, -0.2) is 48.0 Å². The molecule has 0 aliphatic carbocycles. The number of methoxy groups -OCH3 is 1. The number of fused-ring (bicyclic) bond motifs is 1. The summed E-state index contributed by atoms with van der Waals surface area (Å²) in [5.74, 6) is -0.487. The van der Waals surface area contributed by atoms with Gasteiger partial charge in [-0.1, -0.05) is 40.6 Å². The molecule has 10 nitrogen and oxygen atoms in total. The van der Waals surface area contributed by atoms with Crippen LogP contribution in [0.4, 0.5) is 0 Å². The fourth-order valence-corrected chi connectivity index (χ4v) is 6.81. The van der Waals surface area contributed by atoms with Crippen molar-refractivity contribution in [2.75, 3.05) is 26.9 Å². The van der Waals surface area contributed by atoms with Gasteiger partial charge in [-0.15, -0.1) is 0 Å². The summed E-state index contributed by atoms with van der Waals surface area (Å²) in [5.41, 5.74) is 4.43. The third kappa shape index (κ3) is 6.74. The molecule has 0 unspecified atom stereocenters. The maximum atomic E-state index is 14.2. The topological polar surface area (TPSA) is 110 Å². The summed E-state index contributed by atoms with van der Waals surface area (Å²) in [5, 5.41) is 0.901. The molecule has 13 heteroatoms. The normalized spacial score (nSPS) is 14.5. The minimum Gasteiger partial charge on any atom is -0.490 e. The van der Waals surface area contributed by atoms with E-state index in [1.165, 1.54) is 23.0 Å². The Bertz CT molecular complexity index is 2090. The number of benzene rings is 2. The highest BCUT2D eigenvalue weighted by atomic mass is 35.5. The molecule has 4 aromatic rings.